The highest BCUT2D eigenvalue weighted by Crippen LogP contribution is 2.17. The second-order valence-electron chi connectivity index (χ2n) is 5.70. The van der Waals surface area contributed by atoms with Gasteiger partial charge in [0.05, 0.1) is 6.10 Å². The summed E-state index contributed by atoms with van der Waals surface area (Å²) in [5, 5.41) is 13.0. The third-order valence-corrected chi connectivity index (χ3v) is 3.95. The molecule has 0 saturated carbocycles. The monoisotopic (exact) mass is 299 g/mol. The summed E-state index contributed by atoms with van der Waals surface area (Å²) in [5.74, 6) is -0.0101. The van der Waals surface area contributed by atoms with Crippen LogP contribution in [0.2, 0.25) is 0 Å². The first-order chi connectivity index (χ1) is 10.7. The van der Waals surface area contributed by atoms with Gasteiger partial charge < -0.3 is 20.3 Å². The molecule has 3 N–H and O–H groups in total. The van der Waals surface area contributed by atoms with Gasteiger partial charge in [0.15, 0.2) is 0 Å². The van der Waals surface area contributed by atoms with E-state index in [-0.39, 0.29) is 5.91 Å². The lowest BCUT2D eigenvalue weighted by molar-refractivity contribution is 0.0474. The molecule has 0 spiro atoms. The molecule has 5 nitrogen and oxygen atoms in total. The zero-order chi connectivity index (χ0) is 15.4. The lowest BCUT2D eigenvalue weighted by atomic mass is 10.1. The Morgan fingerprint density at radius 3 is 3.09 bits per heavy atom. The molecule has 22 heavy (non-hydrogen) atoms. The topological polar surface area (TPSA) is 68.4 Å². The summed E-state index contributed by atoms with van der Waals surface area (Å²) in [6, 6.07) is 9.54. The van der Waals surface area contributed by atoms with E-state index in [0.717, 1.165) is 30.6 Å². The van der Waals surface area contributed by atoms with Crippen LogP contribution in [0.25, 0.3) is 0 Å². The number of anilines is 1. The number of rotatable bonds is 4. The van der Waals surface area contributed by atoms with E-state index in [1.54, 1.807) is 4.90 Å². The van der Waals surface area contributed by atoms with Gasteiger partial charge in [0.1, 0.15) is 0 Å². The number of H-pyrrole nitrogens is 1. The molecule has 1 saturated heterocycles. The standard InChI is InChI=1S/C17H21N3O2/c21-16-5-2-8-20(12-16)17(22)14-3-1-4-15(9-14)19-11-13-6-7-18-10-13/h1,3-4,6-7,9-10,16,18-19,21H,2,5,8,11-12H2. The van der Waals surface area contributed by atoms with Crippen LogP contribution in [0.15, 0.2) is 42.7 Å². The number of carbonyl (C=O) groups excluding carboxylic acids is 1. The number of benzene rings is 1. The van der Waals surface area contributed by atoms with Crippen molar-refractivity contribution in [1.29, 1.82) is 0 Å². The van der Waals surface area contributed by atoms with E-state index >= 15 is 0 Å². The molecule has 1 atom stereocenters. The second-order valence-corrected chi connectivity index (χ2v) is 5.70. The highest BCUT2D eigenvalue weighted by Gasteiger charge is 2.23. The van der Waals surface area contributed by atoms with Crippen LogP contribution in [-0.4, -0.2) is 40.1 Å². The number of likely N-dealkylation sites (tertiary alicyclic amines) is 1. The number of piperidine rings is 1. The summed E-state index contributed by atoms with van der Waals surface area (Å²) in [6.45, 7) is 1.86. The van der Waals surface area contributed by atoms with Gasteiger partial charge in [0.25, 0.3) is 5.91 Å². The fraction of sp³-hybridized carbons (Fsp3) is 0.353. The molecular formula is C17H21N3O2. The molecule has 0 radical (unpaired) electrons. The predicted octanol–water partition coefficient (Wildman–Crippen LogP) is 2.22. The molecule has 1 unspecified atom stereocenters. The van der Waals surface area contributed by atoms with Gasteiger partial charge >= 0.3 is 0 Å². The van der Waals surface area contributed by atoms with Gasteiger partial charge in [-0.25, -0.2) is 0 Å². The van der Waals surface area contributed by atoms with Crippen LogP contribution in [0.4, 0.5) is 5.69 Å². The number of hydrogen-bond acceptors (Lipinski definition) is 3. The van der Waals surface area contributed by atoms with E-state index in [9.17, 15) is 9.90 Å². The van der Waals surface area contributed by atoms with Crippen LogP contribution in [-0.2, 0) is 6.54 Å². The highest BCUT2D eigenvalue weighted by molar-refractivity contribution is 5.95. The second kappa shape index (κ2) is 6.66. The maximum absolute atomic E-state index is 12.5. The Morgan fingerprint density at radius 2 is 2.32 bits per heavy atom. The van der Waals surface area contributed by atoms with Crippen molar-refractivity contribution in [3.8, 4) is 0 Å². The molecule has 116 valence electrons. The van der Waals surface area contributed by atoms with E-state index in [2.05, 4.69) is 10.3 Å². The molecule has 1 amide bonds. The van der Waals surface area contributed by atoms with Crippen LogP contribution in [0.3, 0.4) is 0 Å². The summed E-state index contributed by atoms with van der Waals surface area (Å²) >= 11 is 0. The molecule has 1 fully saturated rings. The molecule has 5 heteroatoms. The average molecular weight is 299 g/mol. The third-order valence-electron chi connectivity index (χ3n) is 3.95. The number of nitrogens with one attached hydrogen (secondary N) is 2. The number of aromatic nitrogens is 1. The molecule has 1 aliphatic rings. The number of carbonyl (C=O) groups is 1. The Bertz CT molecular complexity index is 625. The molecule has 1 aliphatic heterocycles. The maximum atomic E-state index is 12.5. The Kier molecular flexibility index (Phi) is 4.44. The van der Waals surface area contributed by atoms with Crippen LogP contribution in [0.5, 0.6) is 0 Å². The normalized spacial score (nSPS) is 18.2. The molecule has 2 aromatic rings. The van der Waals surface area contributed by atoms with Gasteiger partial charge in [-0.1, -0.05) is 6.07 Å². The van der Waals surface area contributed by atoms with Crippen molar-refractivity contribution in [2.75, 3.05) is 18.4 Å². The quantitative estimate of drug-likeness (QED) is 0.811. The van der Waals surface area contributed by atoms with Gasteiger partial charge in [0, 0.05) is 43.3 Å². The number of β-amino-alcohol motifs (C(OH)–C–C–N with tert-alkyl or cyclic N) is 1. The SMILES string of the molecule is O=C(c1cccc(NCc2cc[nH]c2)c1)N1CCCC(O)C1. The number of aliphatic hydroxyl groups is 1. The van der Waals surface area contributed by atoms with Crippen molar-refractivity contribution >= 4 is 11.6 Å². The summed E-state index contributed by atoms with van der Waals surface area (Å²) in [6.07, 6.45) is 5.07. The molecule has 1 aromatic carbocycles. The van der Waals surface area contributed by atoms with Crippen LogP contribution in [0.1, 0.15) is 28.8 Å². The van der Waals surface area contributed by atoms with Gasteiger partial charge in [-0.15, -0.1) is 0 Å². The number of aromatic amines is 1. The highest BCUT2D eigenvalue weighted by atomic mass is 16.3. The smallest absolute Gasteiger partial charge is 0.254 e. The lowest BCUT2D eigenvalue weighted by Crippen LogP contribution is -2.42. The van der Waals surface area contributed by atoms with Crippen LogP contribution < -0.4 is 5.32 Å². The van der Waals surface area contributed by atoms with Crippen molar-refractivity contribution in [3.05, 3.63) is 53.9 Å². The maximum Gasteiger partial charge on any atom is 0.254 e. The first kappa shape index (κ1) is 14.7. The van der Waals surface area contributed by atoms with Gasteiger partial charge in [-0.05, 0) is 42.7 Å². The van der Waals surface area contributed by atoms with Crippen molar-refractivity contribution in [2.45, 2.75) is 25.5 Å². The van der Waals surface area contributed by atoms with Crippen LogP contribution >= 0.6 is 0 Å². The van der Waals surface area contributed by atoms with E-state index < -0.39 is 6.10 Å². The Morgan fingerprint density at radius 1 is 1.41 bits per heavy atom. The fourth-order valence-corrected chi connectivity index (χ4v) is 2.76. The predicted molar refractivity (Wildman–Crippen MR) is 85.7 cm³/mol. The van der Waals surface area contributed by atoms with Crippen molar-refractivity contribution in [2.24, 2.45) is 0 Å². The summed E-state index contributed by atoms with van der Waals surface area (Å²) in [7, 11) is 0. The Balaban J connectivity index is 1.66. The van der Waals surface area contributed by atoms with Crippen molar-refractivity contribution in [3.63, 3.8) is 0 Å². The van der Waals surface area contributed by atoms with E-state index in [0.29, 0.717) is 18.7 Å². The molecular weight excluding hydrogens is 278 g/mol. The van der Waals surface area contributed by atoms with E-state index in [4.69, 9.17) is 0 Å². The number of aliphatic hydroxyl groups excluding tert-OH is 1. The first-order valence-electron chi connectivity index (χ1n) is 7.65. The zero-order valence-electron chi connectivity index (χ0n) is 12.5. The number of amides is 1. The van der Waals surface area contributed by atoms with Crippen molar-refractivity contribution < 1.29 is 9.90 Å². The van der Waals surface area contributed by atoms with Gasteiger partial charge in [-0.2, -0.15) is 0 Å². The largest absolute Gasteiger partial charge is 0.391 e. The molecule has 0 bridgehead atoms. The molecule has 3 rings (SSSR count). The minimum Gasteiger partial charge on any atom is -0.391 e. The molecule has 1 aromatic heterocycles. The van der Waals surface area contributed by atoms with Gasteiger partial charge in [0.2, 0.25) is 0 Å². The Labute approximate surface area is 130 Å². The first-order valence-corrected chi connectivity index (χ1v) is 7.65. The van der Waals surface area contributed by atoms with Gasteiger partial charge in [-0.3, -0.25) is 4.79 Å². The average Bonchev–Trinajstić information content (AvgIpc) is 3.06. The molecule has 0 aliphatic carbocycles. The number of nitrogens with zero attached hydrogens (tertiary/aromatic N) is 1. The lowest BCUT2D eigenvalue weighted by Gasteiger charge is -2.30. The minimum atomic E-state index is -0.396. The zero-order valence-corrected chi connectivity index (χ0v) is 12.5. The van der Waals surface area contributed by atoms with Crippen molar-refractivity contribution in [1.82, 2.24) is 9.88 Å². The minimum absolute atomic E-state index is 0.0101. The fourth-order valence-electron chi connectivity index (χ4n) is 2.76. The Hall–Kier alpha value is -2.27. The summed E-state index contributed by atoms with van der Waals surface area (Å²) in [4.78, 5) is 17.3. The summed E-state index contributed by atoms with van der Waals surface area (Å²) < 4.78 is 0. The third kappa shape index (κ3) is 3.49. The summed E-state index contributed by atoms with van der Waals surface area (Å²) in [5.41, 5.74) is 2.74. The van der Waals surface area contributed by atoms with E-state index in [1.807, 2.05) is 42.7 Å². The van der Waals surface area contributed by atoms with Crippen LogP contribution in [0, 0.1) is 0 Å². The number of hydrogen-bond donors (Lipinski definition) is 3. The van der Waals surface area contributed by atoms with E-state index in [1.165, 1.54) is 0 Å². The molecule has 2 heterocycles.